The maximum atomic E-state index is 15.6. The summed E-state index contributed by atoms with van der Waals surface area (Å²) in [6.07, 6.45) is 5.80. The van der Waals surface area contributed by atoms with Crippen LogP contribution in [0.1, 0.15) is 110 Å². The lowest BCUT2D eigenvalue weighted by atomic mass is 9.81. The van der Waals surface area contributed by atoms with Crippen LogP contribution in [0.15, 0.2) is 59.4 Å². The summed E-state index contributed by atoms with van der Waals surface area (Å²) in [6.45, 7) is 1.51. The van der Waals surface area contributed by atoms with Crippen molar-refractivity contribution < 1.29 is 62.1 Å². The normalized spacial score (nSPS) is 18.4. The van der Waals surface area contributed by atoms with Crippen LogP contribution in [0.2, 0.25) is 0 Å². The Bertz CT molecular complexity index is 3270. The molecular weight excluding hydrogens is 1040 g/mol. The highest BCUT2D eigenvalue weighted by molar-refractivity contribution is 6.12. The number of aromatic nitrogens is 2. The Morgan fingerprint density at radius 1 is 0.875 bits per heavy atom. The molecule has 5 heterocycles. The van der Waals surface area contributed by atoms with E-state index in [-0.39, 0.29) is 80.5 Å². The number of nitrogens with zero attached hydrogens (tertiary/aromatic N) is 4. The molecule has 23 heteroatoms. The van der Waals surface area contributed by atoms with Gasteiger partial charge in [0.2, 0.25) is 29.5 Å². The summed E-state index contributed by atoms with van der Waals surface area (Å²) in [6, 6.07) is 10.5. The minimum atomic E-state index is -2.06. The SMILES string of the molecule is CC[C@@]1(O)C(=O)OCc2c1cc1n(c2=O)Cc2c-1nc1cc(F)c(C)c3c1c2[C@@H](N(C)C(=O)[C@H](OCNC(=O)CNC(=O)[C@H](CCc1ccccc1)NC(=O)CNC(=O)CNC(=O)CCCCCN1C(=O)C=CC1=O)C1CC1)CC3. The number of nitrogens with one attached hydrogen (secondary N) is 5. The smallest absolute Gasteiger partial charge is 0.343 e. The quantitative estimate of drug-likeness (QED) is 0.0222. The average molecular weight is 1100 g/mol. The highest BCUT2D eigenvalue weighted by atomic mass is 19.1. The summed E-state index contributed by atoms with van der Waals surface area (Å²) in [5.74, 6) is -5.62. The predicted octanol–water partition coefficient (Wildman–Crippen LogP) is 1.79. The Morgan fingerprint density at radius 2 is 1.57 bits per heavy atom. The number of carbonyl (C=O) groups is 9. The van der Waals surface area contributed by atoms with Gasteiger partial charge in [-0.1, -0.05) is 43.7 Å². The summed E-state index contributed by atoms with van der Waals surface area (Å²) in [5.41, 5.74) is 2.27. The van der Waals surface area contributed by atoms with Crippen molar-refractivity contribution in [2.45, 2.75) is 121 Å². The van der Waals surface area contributed by atoms with Crippen LogP contribution in [-0.4, -0.2) is 130 Å². The molecule has 422 valence electrons. The lowest BCUT2D eigenvalue weighted by Gasteiger charge is -2.36. The molecule has 9 rings (SSSR count). The van der Waals surface area contributed by atoms with E-state index in [0.29, 0.717) is 90.3 Å². The van der Waals surface area contributed by atoms with Crippen molar-refractivity contribution in [2.75, 3.05) is 40.0 Å². The van der Waals surface area contributed by atoms with Crippen molar-refractivity contribution in [1.82, 2.24) is 45.9 Å². The Kier molecular flexibility index (Phi) is 17.0. The summed E-state index contributed by atoms with van der Waals surface area (Å²) >= 11 is 0. The van der Waals surface area contributed by atoms with E-state index >= 15 is 4.39 Å². The number of ether oxygens (including phenoxy) is 2. The molecule has 2 aromatic carbocycles. The molecule has 2 aliphatic carbocycles. The predicted molar refractivity (Wildman–Crippen MR) is 284 cm³/mol. The number of aryl methyl sites for hydroxylation is 2. The van der Waals surface area contributed by atoms with E-state index in [4.69, 9.17) is 14.5 Å². The zero-order chi connectivity index (χ0) is 57.0. The number of fused-ring (bicyclic) bond motifs is 5. The molecule has 0 spiro atoms. The topological polar surface area (TPSA) is 294 Å². The van der Waals surface area contributed by atoms with Gasteiger partial charge in [0.15, 0.2) is 5.60 Å². The number of benzene rings is 2. The molecule has 5 aliphatic rings. The van der Waals surface area contributed by atoms with E-state index in [1.807, 2.05) is 30.3 Å². The second kappa shape index (κ2) is 24.0. The lowest BCUT2D eigenvalue weighted by molar-refractivity contribution is -0.172. The molecule has 8 amide bonds. The first-order chi connectivity index (χ1) is 38.4. The first-order valence-electron chi connectivity index (χ1n) is 27.0. The van der Waals surface area contributed by atoms with Gasteiger partial charge in [0.05, 0.1) is 54.7 Å². The van der Waals surface area contributed by atoms with E-state index < -0.39 is 90.3 Å². The number of esters is 1. The molecule has 1 fully saturated rings. The third-order valence-corrected chi connectivity index (χ3v) is 15.7. The number of rotatable bonds is 24. The van der Waals surface area contributed by atoms with Crippen LogP contribution in [0.3, 0.4) is 0 Å². The molecule has 0 bridgehead atoms. The van der Waals surface area contributed by atoms with Crippen LogP contribution >= 0.6 is 0 Å². The number of hydrogen-bond acceptors (Lipinski definition) is 14. The second-order valence-corrected chi connectivity index (χ2v) is 20.9. The monoisotopic (exact) mass is 1100 g/mol. The van der Waals surface area contributed by atoms with Gasteiger partial charge < -0.3 is 50.6 Å². The standard InChI is InChI=1S/C57H64FN9O13/c1-4-57(78)37-23-42-51-35(28-67(42)54(75)36(37)29-79-56(57)77)50-41(19-17-34-31(2)38(58)24-40(64-51)49(34)50)65(3)55(76)52(33-15-16-33)80-30-62-45(70)26-61-53(74)39(18-14-32-11-7-5-8-12-32)63-46(71)27-60-44(69)25-59-43(68)13-9-6-10-22-66-47(72)20-21-48(66)73/h5,7-8,11-12,20-21,23-24,33,39,41,52,78H,4,6,9-10,13-19,22,25-30H2,1-3H3,(H,59,68)(H,60,69)(H,61,74)(H,62,70)(H,63,71)/t39-,41-,52+,57-/m0/s1. The van der Waals surface area contributed by atoms with Crippen molar-refractivity contribution in [1.29, 1.82) is 0 Å². The average Bonchev–Trinajstić information content (AvgIpc) is 4.20. The molecule has 4 aromatic rings. The van der Waals surface area contributed by atoms with E-state index in [1.165, 1.54) is 22.8 Å². The number of cyclic esters (lactones) is 1. The highest BCUT2D eigenvalue weighted by Gasteiger charge is 2.47. The number of carbonyl (C=O) groups excluding carboxylic acids is 9. The van der Waals surface area contributed by atoms with Crippen molar-refractivity contribution >= 4 is 64.1 Å². The van der Waals surface area contributed by atoms with Gasteiger partial charge >= 0.3 is 5.97 Å². The van der Waals surface area contributed by atoms with Gasteiger partial charge in [0.1, 0.15) is 31.3 Å². The molecule has 80 heavy (non-hydrogen) atoms. The van der Waals surface area contributed by atoms with Gasteiger partial charge in [-0.25, -0.2) is 14.2 Å². The van der Waals surface area contributed by atoms with Gasteiger partial charge in [-0.15, -0.1) is 0 Å². The van der Waals surface area contributed by atoms with E-state index in [0.717, 1.165) is 16.0 Å². The number of likely N-dealkylation sites (N-methyl/N-ethyl adjacent to an activating group) is 1. The number of pyridine rings is 2. The molecule has 0 unspecified atom stereocenters. The molecular formula is C57H64FN9O13. The molecule has 1 saturated carbocycles. The summed E-state index contributed by atoms with van der Waals surface area (Å²) in [4.78, 5) is 137. The number of imide groups is 1. The fraction of sp³-hybridized carbons (Fsp3) is 0.456. The minimum absolute atomic E-state index is 0.0469. The highest BCUT2D eigenvalue weighted by Crippen LogP contribution is 2.48. The minimum Gasteiger partial charge on any atom is -0.458 e. The molecule has 22 nitrogen and oxygen atoms in total. The van der Waals surface area contributed by atoms with Crippen molar-refractivity contribution in [3.05, 3.63) is 110 Å². The maximum Gasteiger partial charge on any atom is 0.343 e. The van der Waals surface area contributed by atoms with Crippen LogP contribution < -0.4 is 32.1 Å². The van der Waals surface area contributed by atoms with E-state index in [9.17, 15) is 53.1 Å². The molecule has 4 atom stereocenters. The van der Waals surface area contributed by atoms with E-state index in [1.54, 1.807) is 31.9 Å². The van der Waals surface area contributed by atoms with Crippen LogP contribution in [0.25, 0.3) is 22.3 Å². The molecule has 2 aromatic heterocycles. The maximum absolute atomic E-state index is 15.6. The summed E-state index contributed by atoms with van der Waals surface area (Å²) < 4.78 is 28.5. The van der Waals surface area contributed by atoms with Crippen molar-refractivity contribution in [3.8, 4) is 11.4 Å². The number of unbranched alkanes of at least 4 members (excludes halogenated alkanes) is 2. The van der Waals surface area contributed by atoms with Gasteiger partial charge in [-0.2, -0.15) is 0 Å². The number of hydrogen-bond donors (Lipinski definition) is 6. The number of aliphatic hydroxyl groups is 1. The number of amides is 8. The van der Waals surface area contributed by atoms with Gasteiger partial charge in [0, 0.05) is 54.7 Å². The Labute approximate surface area is 459 Å². The lowest BCUT2D eigenvalue weighted by Crippen LogP contribution is -2.51. The Morgan fingerprint density at radius 3 is 2.30 bits per heavy atom. The first-order valence-corrected chi connectivity index (χ1v) is 27.0. The molecule has 3 aliphatic heterocycles. The van der Waals surface area contributed by atoms with Crippen LogP contribution in [0.4, 0.5) is 4.39 Å². The van der Waals surface area contributed by atoms with Gasteiger partial charge in [0.25, 0.3) is 23.3 Å². The summed E-state index contributed by atoms with van der Waals surface area (Å²) in [7, 11) is 1.66. The third kappa shape index (κ3) is 11.9. The summed E-state index contributed by atoms with van der Waals surface area (Å²) in [5, 5.41) is 24.8. The van der Waals surface area contributed by atoms with Crippen LogP contribution in [0.5, 0.6) is 0 Å². The van der Waals surface area contributed by atoms with Crippen molar-refractivity contribution in [2.24, 2.45) is 5.92 Å². The zero-order valence-electron chi connectivity index (χ0n) is 44.7. The third-order valence-electron chi connectivity index (χ3n) is 15.7. The molecule has 0 saturated heterocycles. The number of halogens is 1. The largest absolute Gasteiger partial charge is 0.458 e. The Hall–Kier alpha value is -8.18. The van der Waals surface area contributed by atoms with Crippen molar-refractivity contribution in [3.63, 3.8) is 0 Å². The van der Waals surface area contributed by atoms with Crippen LogP contribution in [0, 0.1) is 18.7 Å². The zero-order valence-corrected chi connectivity index (χ0v) is 44.7. The fourth-order valence-electron chi connectivity index (χ4n) is 11.0. The molecule has 6 N–H and O–H groups in total. The van der Waals surface area contributed by atoms with Gasteiger partial charge in [-0.05, 0) is 98.9 Å². The van der Waals surface area contributed by atoms with Crippen LogP contribution in [-0.2, 0) is 84.2 Å². The second-order valence-electron chi connectivity index (χ2n) is 20.9. The fourth-order valence-corrected chi connectivity index (χ4v) is 11.0. The molecule has 0 radical (unpaired) electrons. The van der Waals surface area contributed by atoms with E-state index in [2.05, 4.69) is 26.6 Å². The Balaban J connectivity index is 0.790. The first kappa shape index (κ1) is 56.5. The van der Waals surface area contributed by atoms with Gasteiger partial charge in [-0.3, -0.25) is 48.1 Å².